The fourth-order valence-electron chi connectivity index (χ4n) is 9.10. The van der Waals surface area contributed by atoms with E-state index in [4.69, 9.17) is 37.1 Å². The highest BCUT2D eigenvalue weighted by Crippen LogP contribution is 2.68. The van der Waals surface area contributed by atoms with Crippen LogP contribution in [0.5, 0.6) is 17.2 Å². The molecule has 18 heteroatoms. The Hall–Kier alpha value is -6.00. The van der Waals surface area contributed by atoms with Crippen LogP contribution in [-0.2, 0) is 19.2 Å². The second-order valence-corrected chi connectivity index (χ2v) is 15.7. The number of hydrogen-bond donors (Lipinski definition) is 1. The number of phenolic OH excluding ortho intramolecular Hbond substituents is 1. The van der Waals surface area contributed by atoms with Crippen LogP contribution in [0.15, 0.2) is 76.7 Å². The Kier molecular flexibility index (Phi) is 8.66. The SMILES string of the molecule is COc1cc(O)cc(OC)c1[C@H]1C2=CC[C@@H]3C(=O)N(c4ccc(-c5nc6ccccc6o5)cc4)C(=O)[C@@H]3[C@@H]2C[C@@]2(Cl)C(=O)N(c3c(F)c(F)c(F)c(F)c3F)C(=O)[C@@]12Cl. The molecule has 2 saturated heterocycles. The lowest BCUT2D eigenvalue weighted by Gasteiger charge is -2.51. The molecule has 59 heavy (non-hydrogen) atoms. The fourth-order valence-corrected chi connectivity index (χ4v) is 10.0. The predicted octanol–water partition coefficient (Wildman–Crippen LogP) is 7.68. The normalized spacial score (nSPS) is 26.3. The third-order valence-electron chi connectivity index (χ3n) is 11.7. The molecule has 4 aliphatic rings. The van der Waals surface area contributed by atoms with Crippen molar-refractivity contribution in [3.8, 4) is 28.7 Å². The van der Waals surface area contributed by atoms with Crippen molar-refractivity contribution < 1.29 is 60.1 Å². The Balaban J connectivity index is 1.18. The first-order valence-electron chi connectivity index (χ1n) is 17.9. The largest absolute Gasteiger partial charge is 0.508 e. The number of aromatic nitrogens is 1. The predicted molar refractivity (Wildman–Crippen MR) is 200 cm³/mol. The number of para-hydroxylation sites is 2. The molecule has 11 nitrogen and oxygen atoms in total. The number of halogens is 7. The van der Waals surface area contributed by atoms with Crippen LogP contribution in [-0.4, -0.2) is 57.7 Å². The van der Waals surface area contributed by atoms with Gasteiger partial charge in [0.05, 0.1) is 31.7 Å². The second-order valence-electron chi connectivity index (χ2n) is 14.5. The molecule has 0 radical (unpaired) electrons. The third-order valence-corrected chi connectivity index (χ3v) is 13.1. The minimum atomic E-state index is -2.84. The molecule has 1 aromatic heterocycles. The van der Waals surface area contributed by atoms with Gasteiger partial charge in [-0.05, 0) is 55.2 Å². The molecule has 9 rings (SSSR count). The summed E-state index contributed by atoms with van der Waals surface area (Å²) in [6.07, 6.45) is 0.709. The molecule has 2 aliphatic heterocycles. The molecule has 1 saturated carbocycles. The molecule has 0 unspecified atom stereocenters. The van der Waals surface area contributed by atoms with Crippen LogP contribution in [0.4, 0.5) is 33.3 Å². The lowest BCUT2D eigenvalue weighted by Crippen LogP contribution is -2.60. The number of ether oxygens (including phenoxy) is 2. The maximum Gasteiger partial charge on any atom is 0.258 e. The van der Waals surface area contributed by atoms with Crippen LogP contribution in [0.1, 0.15) is 24.3 Å². The van der Waals surface area contributed by atoms with Crippen molar-refractivity contribution in [1.29, 1.82) is 0 Å². The molecule has 4 aromatic carbocycles. The number of oxazole rings is 1. The topological polar surface area (TPSA) is 139 Å². The number of phenols is 1. The Morgan fingerprint density at radius 3 is 2.02 bits per heavy atom. The van der Waals surface area contributed by atoms with Crippen molar-refractivity contribution in [1.82, 2.24) is 4.98 Å². The number of allylic oxidation sites excluding steroid dienone is 2. The van der Waals surface area contributed by atoms with E-state index in [1.165, 1.54) is 32.4 Å². The molecule has 3 heterocycles. The standard InChI is InChI=1S/C41H26Cl2F5N3O8/c1-57-24-13-18(52)14-25(58-2)27(24)28-19-11-12-20-26(37(54)50(36(20)53)17-9-7-16(8-10-17)35-49-22-5-3-4-6-23(22)59-35)21(19)15-40(42)38(55)51(39(56)41(28,40)43)34-32(47)30(45)29(44)31(46)33(34)48/h3-11,13-14,20-21,26,28,52H,12,15H2,1-2H3/t20-,21+,26-,28+,40+,41-/m0/s1. The van der Waals surface area contributed by atoms with E-state index in [0.717, 1.165) is 17.0 Å². The van der Waals surface area contributed by atoms with Crippen LogP contribution >= 0.6 is 23.2 Å². The number of nitrogens with zero attached hydrogens (tertiary/aromatic N) is 3. The zero-order valence-electron chi connectivity index (χ0n) is 30.4. The van der Waals surface area contributed by atoms with Crippen LogP contribution < -0.4 is 19.3 Å². The van der Waals surface area contributed by atoms with E-state index in [1.807, 2.05) is 0 Å². The quantitative estimate of drug-likeness (QED) is 0.0455. The van der Waals surface area contributed by atoms with Gasteiger partial charge in [-0.15, -0.1) is 23.2 Å². The Bertz CT molecular complexity index is 2660. The number of alkyl halides is 2. The van der Waals surface area contributed by atoms with E-state index in [2.05, 4.69) is 4.98 Å². The number of carbonyl (C=O) groups is 4. The number of hydrogen-bond acceptors (Lipinski definition) is 9. The number of carbonyl (C=O) groups excluding carboxylic acids is 4. The van der Waals surface area contributed by atoms with Crippen molar-refractivity contribution in [3.05, 3.63) is 107 Å². The second kappa shape index (κ2) is 13.3. The summed E-state index contributed by atoms with van der Waals surface area (Å²) in [6.45, 7) is 0. The minimum absolute atomic E-state index is 0.108. The first-order chi connectivity index (χ1) is 28.1. The van der Waals surface area contributed by atoms with Crippen LogP contribution in [0.3, 0.4) is 0 Å². The monoisotopic (exact) mass is 853 g/mol. The summed E-state index contributed by atoms with van der Waals surface area (Å²) in [5.41, 5.74) is 0.0230. The lowest BCUT2D eigenvalue weighted by atomic mass is 9.56. The van der Waals surface area contributed by atoms with Gasteiger partial charge >= 0.3 is 0 Å². The van der Waals surface area contributed by atoms with Gasteiger partial charge in [-0.2, -0.15) is 0 Å². The average molecular weight is 855 g/mol. The Morgan fingerprint density at radius 1 is 0.797 bits per heavy atom. The highest BCUT2D eigenvalue weighted by molar-refractivity contribution is 6.58. The number of methoxy groups -OCH3 is 2. The van der Waals surface area contributed by atoms with Crippen molar-refractivity contribution in [2.75, 3.05) is 24.0 Å². The molecular formula is C41H26Cl2F5N3O8. The first-order valence-corrected chi connectivity index (χ1v) is 18.6. The number of amides is 4. The molecule has 1 N–H and O–H groups in total. The maximum absolute atomic E-state index is 15.4. The summed E-state index contributed by atoms with van der Waals surface area (Å²) in [7, 11) is 2.38. The van der Waals surface area contributed by atoms with Gasteiger partial charge in [0, 0.05) is 29.2 Å². The van der Waals surface area contributed by atoms with Gasteiger partial charge in [0.15, 0.2) is 38.6 Å². The molecule has 4 amide bonds. The van der Waals surface area contributed by atoms with Gasteiger partial charge in [0.2, 0.25) is 23.5 Å². The Labute approximate surface area is 339 Å². The smallest absolute Gasteiger partial charge is 0.258 e. The molecule has 3 fully saturated rings. The summed E-state index contributed by atoms with van der Waals surface area (Å²) in [5, 5.41) is 10.5. The molecule has 5 aromatic rings. The molecule has 302 valence electrons. The van der Waals surface area contributed by atoms with Crippen molar-refractivity contribution in [2.45, 2.75) is 28.5 Å². The summed E-state index contributed by atoms with van der Waals surface area (Å²) in [6, 6.07) is 15.6. The molecule has 2 aliphatic carbocycles. The zero-order chi connectivity index (χ0) is 42.0. The molecular weight excluding hydrogens is 828 g/mol. The van der Waals surface area contributed by atoms with Crippen LogP contribution in [0.2, 0.25) is 0 Å². The third kappa shape index (κ3) is 5.08. The van der Waals surface area contributed by atoms with Crippen molar-refractivity contribution in [3.63, 3.8) is 0 Å². The van der Waals surface area contributed by atoms with Gasteiger partial charge < -0.3 is 19.0 Å². The number of rotatable bonds is 6. The summed E-state index contributed by atoms with van der Waals surface area (Å²) in [5.74, 6) is -22.8. The van der Waals surface area contributed by atoms with E-state index in [1.54, 1.807) is 36.4 Å². The summed E-state index contributed by atoms with van der Waals surface area (Å²) >= 11 is 14.5. The lowest BCUT2D eigenvalue weighted by molar-refractivity contribution is -0.125. The zero-order valence-corrected chi connectivity index (χ0v) is 31.9. The van der Waals surface area contributed by atoms with E-state index in [-0.39, 0.29) is 45.4 Å². The van der Waals surface area contributed by atoms with E-state index < -0.39 is 98.2 Å². The number of aromatic hydroxyl groups is 1. The molecule has 0 spiro atoms. The van der Waals surface area contributed by atoms with E-state index >= 15 is 8.78 Å². The maximum atomic E-state index is 15.4. The van der Waals surface area contributed by atoms with Crippen LogP contribution in [0.25, 0.3) is 22.6 Å². The highest BCUT2D eigenvalue weighted by Gasteiger charge is 2.77. The van der Waals surface area contributed by atoms with E-state index in [0.29, 0.717) is 22.6 Å². The van der Waals surface area contributed by atoms with Gasteiger partial charge in [0.1, 0.15) is 28.5 Å². The van der Waals surface area contributed by atoms with Gasteiger partial charge in [-0.3, -0.25) is 24.1 Å². The molecule has 6 atom stereocenters. The van der Waals surface area contributed by atoms with Gasteiger partial charge in [-0.25, -0.2) is 31.8 Å². The number of anilines is 2. The van der Waals surface area contributed by atoms with Crippen molar-refractivity contribution >= 4 is 69.3 Å². The first kappa shape index (κ1) is 38.5. The minimum Gasteiger partial charge on any atom is -0.508 e. The fraction of sp³-hybridized carbons (Fsp3) is 0.244. The molecule has 0 bridgehead atoms. The number of imide groups is 2. The summed E-state index contributed by atoms with van der Waals surface area (Å²) in [4.78, 5) is 57.6. The van der Waals surface area contributed by atoms with Crippen LogP contribution in [0, 0.1) is 46.8 Å². The number of benzene rings is 4. The van der Waals surface area contributed by atoms with Crippen molar-refractivity contribution in [2.24, 2.45) is 17.8 Å². The summed E-state index contributed by atoms with van der Waals surface area (Å²) < 4.78 is 91.3. The van der Waals surface area contributed by atoms with Gasteiger partial charge in [-0.1, -0.05) is 23.8 Å². The highest BCUT2D eigenvalue weighted by atomic mass is 35.5. The van der Waals surface area contributed by atoms with Gasteiger partial charge in [0.25, 0.3) is 11.8 Å². The van der Waals surface area contributed by atoms with E-state index in [9.17, 15) is 37.5 Å². The average Bonchev–Trinajstić information content (AvgIpc) is 3.82. The number of fused-ring (bicyclic) bond motifs is 5. The Morgan fingerprint density at radius 2 is 1.41 bits per heavy atom.